The monoisotopic (exact) mass is 315 g/mol. The zero-order chi connectivity index (χ0) is 13.9. The van der Waals surface area contributed by atoms with E-state index in [1.165, 1.54) is 5.69 Å². The Morgan fingerprint density at radius 1 is 1.39 bits per heavy atom. The summed E-state index contributed by atoms with van der Waals surface area (Å²) in [6.07, 6.45) is 3.11. The number of nitrogens with zero attached hydrogens (tertiary/aromatic N) is 2. The van der Waals surface area contributed by atoms with E-state index in [-0.39, 0.29) is 6.04 Å². The lowest BCUT2D eigenvalue weighted by Crippen LogP contribution is -2.26. The van der Waals surface area contributed by atoms with Gasteiger partial charge in [0, 0.05) is 19.0 Å². The fourth-order valence-corrected chi connectivity index (χ4v) is 2.48. The highest BCUT2D eigenvalue weighted by atomic mass is 79.9. The van der Waals surface area contributed by atoms with Crippen molar-refractivity contribution in [1.29, 1.82) is 0 Å². The van der Waals surface area contributed by atoms with Crippen LogP contribution in [0.3, 0.4) is 0 Å². The van der Waals surface area contributed by atoms with Gasteiger partial charge in [-0.25, -0.2) is 0 Å². The summed E-state index contributed by atoms with van der Waals surface area (Å²) < 4.78 is 3.17. The first kappa shape index (κ1) is 15.7. The second-order valence-corrected chi connectivity index (χ2v) is 7.02. The summed E-state index contributed by atoms with van der Waals surface area (Å²) in [6.45, 7) is 11.8. The molecule has 0 aromatic carbocycles. The number of aryl methyl sites for hydroxylation is 2. The van der Waals surface area contributed by atoms with Gasteiger partial charge in [-0.2, -0.15) is 5.10 Å². The Morgan fingerprint density at radius 3 is 2.50 bits per heavy atom. The normalized spacial score (nSPS) is 13.9. The number of halogens is 1. The van der Waals surface area contributed by atoms with Gasteiger partial charge in [-0.1, -0.05) is 20.8 Å². The van der Waals surface area contributed by atoms with Crippen LogP contribution in [-0.4, -0.2) is 15.8 Å². The molecule has 0 radical (unpaired) electrons. The predicted octanol–water partition coefficient (Wildman–Crippen LogP) is 3.67. The van der Waals surface area contributed by atoms with Crippen molar-refractivity contribution in [3.8, 4) is 0 Å². The number of hydrogen-bond donors (Lipinski definition) is 1. The highest BCUT2D eigenvalue weighted by molar-refractivity contribution is 9.10. The van der Waals surface area contributed by atoms with Crippen molar-refractivity contribution in [3.05, 3.63) is 15.9 Å². The molecule has 1 aromatic heterocycles. The van der Waals surface area contributed by atoms with Gasteiger partial charge in [0.2, 0.25) is 0 Å². The first-order chi connectivity index (χ1) is 8.24. The third kappa shape index (κ3) is 4.39. The summed E-state index contributed by atoms with van der Waals surface area (Å²) in [6, 6.07) is 0.210. The summed E-state index contributed by atoms with van der Waals surface area (Å²) in [7, 11) is 0. The van der Waals surface area contributed by atoms with E-state index < -0.39 is 0 Å². The average Bonchev–Trinajstić information content (AvgIpc) is 2.53. The smallest absolute Gasteiger partial charge is 0.0738 e. The van der Waals surface area contributed by atoms with Crippen molar-refractivity contribution < 1.29 is 0 Å². The summed E-state index contributed by atoms with van der Waals surface area (Å²) >= 11 is 3.62. The second-order valence-electron chi connectivity index (χ2n) is 6.23. The topological polar surface area (TPSA) is 43.8 Å². The Bertz CT molecular complexity index is 390. The molecule has 1 rings (SSSR count). The molecule has 0 saturated carbocycles. The maximum Gasteiger partial charge on any atom is 0.0738 e. The molecular formula is C14H26BrN3. The van der Waals surface area contributed by atoms with Gasteiger partial charge in [0.25, 0.3) is 0 Å². The molecule has 0 bridgehead atoms. The van der Waals surface area contributed by atoms with E-state index in [9.17, 15) is 0 Å². The summed E-state index contributed by atoms with van der Waals surface area (Å²) in [4.78, 5) is 0. The molecule has 4 heteroatoms. The average molecular weight is 316 g/mol. The van der Waals surface area contributed by atoms with Crippen LogP contribution < -0.4 is 5.73 Å². The second kappa shape index (κ2) is 6.20. The number of hydrogen-bond acceptors (Lipinski definition) is 2. The van der Waals surface area contributed by atoms with Gasteiger partial charge in [0.15, 0.2) is 0 Å². The van der Waals surface area contributed by atoms with Gasteiger partial charge in [-0.05, 0) is 48.0 Å². The Hall–Kier alpha value is -0.350. The minimum atomic E-state index is 0.210. The number of nitrogens with two attached hydrogens (primary N) is 1. The predicted molar refractivity (Wildman–Crippen MR) is 80.7 cm³/mol. The minimum Gasteiger partial charge on any atom is -0.327 e. The number of aromatic nitrogens is 2. The van der Waals surface area contributed by atoms with E-state index in [1.54, 1.807) is 0 Å². The van der Waals surface area contributed by atoms with Crippen molar-refractivity contribution in [2.45, 2.75) is 66.5 Å². The Balaban J connectivity index is 2.67. The highest BCUT2D eigenvalue weighted by Gasteiger charge is 2.17. The van der Waals surface area contributed by atoms with Crippen LogP contribution in [0.15, 0.2) is 4.47 Å². The van der Waals surface area contributed by atoms with E-state index >= 15 is 0 Å². The molecule has 1 atom stereocenters. The van der Waals surface area contributed by atoms with Crippen molar-refractivity contribution in [3.63, 3.8) is 0 Å². The van der Waals surface area contributed by atoms with Crippen molar-refractivity contribution in [2.75, 3.05) is 0 Å². The van der Waals surface area contributed by atoms with E-state index in [4.69, 9.17) is 5.73 Å². The molecule has 0 fully saturated rings. The lowest BCUT2D eigenvalue weighted by atomic mass is 9.88. The van der Waals surface area contributed by atoms with Gasteiger partial charge in [-0.3, -0.25) is 4.68 Å². The van der Waals surface area contributed by atoms with Gasteiger partial charge >= 0.3 is 0 Å². The first-order valence-corrected chi connectivity index (χ1v) is 7.51. The van der Waals surface area contributed by atoms with Crippen LogP contribution in [0.1, 0.15) is 51.9 Å². The quantitative estimate of drug-likeness (QED) is 0.901. The standard InChI is InChI=1S/C14H26BrN3/c1-6-18-12(13(15)10(2)17-18)9-11(16)7-8-14(3,4)5/h11H,6-9,16H2,1-5H3. The molecule has 0 saturated heterocycles. The summed E-state index contributed by atoms with van der Waals surface area (Å²) in [5, 5.41) is 4.50. The highest BCUT2D eigenvalue weighted by Crippen LogP contribution is 2.25. The molecule has 0 aliphatic carbocycles. The van der Waals surface area contributed by atoms with E-state index in [0.29, 0.717) is 5.41 Å². The van der Waals surface area contributed by atoms with Crippen LogP contribution in [0.4, 0.5) is 0 Å². The first-order valence-electron chi connectivity index (χ1n) is 6.72. The van der Waals surface area contributed by atoms with Crippen LogP contribution >= 0.6 is 15.9 Å². The third-order valence-electron chi connectivity index (χ3n) is 3.17. The Kier molecular flexibility index (Phi) is 5.41. The van der Waals surface area contributed by atoms with Crippen LogP contribution in [0.2, 0.25) is 0 Å². The fraction of sp³-hybridized carbons (Fsp3) is 0.786. The lowest BCUT2D eigenvalue weighted by Gasteiger charge is -2.21. The summed E-state index contributed by atoms with van der Waals surface area (Å²) in [5.74, 6) is 0. The van der Waals surface area contributed by atoms with Crippen LogP contribution in [-0.2, 0) is 13.0 Å². The molecule has 0 spiro atoms. The van der Waals surface area contributed by atoms with Gasteiger partial charge < -0.3 is 5.73 Å². The molecule has 1 heterocycles. The zero-order valence-electron chi connectivity index (χ0n) is 12.3. The molecule has 0 aliphatic rings. The molecular weight excluding hydrogens is 290 g/mol. The zero-order valence-corrected chi connectivity index (χ0v) is 13.8. The molecule has 0 amide bonds. The minimum absolute atomic E-state index is 0.210. The number of rotatable bonds is 5. The van der Waals surface area contributed by atoms with Crippen LogP contribution in [0, 0.1) is 12.3 Å². The summed E-state index contributed by atoms with van der Waals surface area (Å²) in [5.41, 5.74) is 8.89. The fourth-order valence-electron chi connectivity index (χ4n) is 2.03. The molecule has 1 unspecified atom stereocenters. The SMILES string of the molecule is CCn1nc(C)c(Br)c1CC(N)CCC(C)(C)C. The van der Waals surface area contributed by atoms with Gasteiger partial charge in [0.1, 0.15) is 0 Å². The van der Waals surface area contributed by atoms with Crippen LogP contribution in [0.25, 0.3) is 0 Å². The maximum atomic E-state index is 6.25. The van der Waals surface area contributed by atoms with Crippen LogP contribution in [0.5, 0.6) is 0 Å². The van der Waals surface area contributed by atoms with Crippen molar-refractivity contribution in [2.24, 2.45) is 11.1 Å². The largest absolute Gasteiger partial charge is 0.327 e. The van der Waals surface area contributed by atoms with E-state index in [2.05, 4.69) is 53.4 Å². The van der Waals surface area contributed by atoms with Crippen molar-refractivity contribution >= 4 is 15.9 Å². The van der Waals surface area contributed by atoms with E-state index in [1.807, 2.05) is 6.92 Å². The van der Waals surface area contributed by atoms with Crippen molar-refractivity contribution in [1.82, 2.24) is 9.78 Å². The Labute approximate surface area is 119 Å². The Morgan fingerprint density at radius 2 is 2.00 bits per heavy atom. The van der Waals surface area contributed by atoms with E-state index in [0.717, 1.165) is 36.0 Å². The molecule has 2 N–H and O–H groups in total. The van der Waals surface area contributed by atoms with Gasteiger partial charge in [-0.15, -0.1) is 0 Å². The lowest BCUT2D eigenvalue weighted by molar-refractivity contribution is 0.345. The maximum absolute atomic E-state index is 6.25. The third-order valence-corrected chi connectivity index (χ3v) is 4.21. The molecule has 104 valence electrons. The molecule has 0 aliphatic heterocycles. The molecule has 18 heavy (non-hydrogen) atoms. The molecule has 1 aromatic rings. The molecule has 3 nitrogen and oxygen atoms in total. The van der Waals surface area contributed by atoms with Gasteiger partial charge in [0.05, 0.1) is 15.9 Å².